The Morgan fingerprint density at radius 1 is 1.47 bits per heavy atom. The van der Waals surface area contributed by atoms with Crippen LogP contribution < -0.4 is 5.32 Å². The molecule has 1 amide bonds. The Hall–Kier alpha value is -0.610. The Kier molecular flexibility index (Phi) is 3.26. The summed E-state index contributed by atoms with van der Waals surface area (Å²) in [5, 5.41) is 3.38. The number of likely N-dealkylation sites (N-methyl/N-ethyl adjacent to an activating group) is 1. The van der Waals surface area contributed by atoms with Gasteiger partial charge in [0.15, 0.2) is 0 Å². The number of carbonyl (C=O) groups excluding carboxylic acids is 1. The van der Waals surface area contributed by atoms with Gasteiger partial charge in [-0.05, 0) is 26.3 Å². The molecule has 0 aromatic carbocycles. The lowest BCUT2D eigenvalue weighted by molar-refractivity contribution is -0.141. The van der Waals surface area contributed by atoms with Crippen LogP contribution in [0.5, 0.6) is 0 Å². The summed E-state index contributed by atoms with van der Waals surface area (Å²) in [6, 6.07) is 0.373. The maximum absolute atomic E-state index is 11.7. The van der Waals surface area contributed by atoms with Gasteiger partial charge in [0.1, 0.15) is 6.10 Å². The highest BCUT2D eigenvalue weighted by Crippen LogP contribution is 2.20. The van der Waals surface area contributed by atoms with Crippen molar-refractivity contribution >= 4 is 5.91 Å². The first-order valence-electron chi connectivity index (χ1n) is 5.82. The van der Waals surface area contributed by atoms with E-state index in [2.05, 4.69) is 12.2 Å². The molecule has 2 aliphatic rings. The summed E-state index contributed by atoms with van der Waals surface area (Å²) in [6.45, 7) is 4.03. The van der Waals surface area contributed by atoms with Crippen molar-refractivity contribution in [3.05, 3.63) is 0 Å². The summed E-state index contributed by atoms with van der Waals surface area (Å²) in [5.41, 5.74) is 0. The lowest BCUT2D eigenvalue weighted by Crippen LogP contribution is -2.46. The molecule has 0 aromatic rings. The van der Waals surface area contributed by atoms with Crippen LogP contribution in [0.2, 0.25) is 0 Å². The molecule has 4 heteroatoms. The predicted octanol–water partition coefficient (Wildman–Crippen LogP) is 0.374. The summed E-state index contributed by atoms with van der Waals surface area (Å²) in [4.78, 5) is 13.4. The van der Waals surface area contributed by atoms with E-state index in [1.54, 1.807) is 4.90 Å². The number of amides is 1. The number of rotatable bonds is 2. The average Bonchev–Trinajstić information content (AvgIpc) is 2.53. The largest absolute Gasteiger partial charge is 0.363 e. The third-order valence-corrected chi connectivity index (χ3v) is 3.41. The van der Waals surface area contributed by atoms with Gasteiger partial charge in [-0.2, -0.15) is 0 Å². The van der Waals surface area contributed by atoms with Crippen LogP contribution in [0.4, 0.5) is 0 Å². The highest BCUT2D eigenvalue weighted by atomic mass is 16.5. The second-order valence-electron chi connectivity index (χ2n) is 4.60. The highest BCUT2D eigenvalue weighted by molar-refractivity contribution is 5.82. The third-order valence-electron chi connectivity index (χ3n) is 3.41. The number of hydrogen-bond donors (Lipinski definition) is 1. The van der Waals surface area contributed by atoms with Gasteiger partial charge in [-0.15, -0.1) is 0 Å². The molecule has 0 spiro atoms. The minimum atomic E-state index is -0.192. The molecular weight excluding hydrogens is 192 g/mol. The van der Waals surface area contributed by atoms with Crippen molar-refractivity contribution in [3.63, 3.8) is 0 Å². The first-order chi connectivity index (χ1) is 7.18. The standard InChI is InChI=1S/C11H20N2O2/c1-8-9(4-3-6-12-8)15-10-5-7-13(2)11(10)14/h8-10,12H,3-7H2,1-2H3. The SMILES string of the molecule is CC1NCCCC1OC1CCN(C)C1=O. The zero-order valence-corrected chi connectivity index (χ0v) is 9.53. The van der Waals surface area contributed by atoms with Crippen molar-refractivity contribution in [3.8, 4) is 0 Å². The molecule has 0 bridgehead atoms. The van der Waals surface area contributed by atoms with E-state index >= 15 is 0 Å². The Balaban J connectivity index is 1.88. The van der Waals surface area contributed by atoms with Crippen LogP contribution in [0, 0.1) is 0 Å². The van der Waals surface area contributed by atoms with Crippen LogP contribution in [0.25, 0.3) is 0 Å². The smallest absolute Gasteiger partial charge is 0.251 e. The van der Waals surface area contributed by atoms with Gasteiger partial charge in [0.2, 0.25) is 0 Å². The van der Waals surface area contributed by atoms with Gasteiger partial charge in [0, 0.05) is 26.1 Å². The van der Waals surface area contributed by atoms with E-state index in [1.807, 2.05) is 7.05 Å². The Bertz CT molecular complexity index is 245. The van der Waals surface area contributed by atoms with Crippen LogP contribution in [-0.4, -0.2) is 49.2 Å². The summed E-state index contributed by atoms with van der Waals surface area (Å²) >= 11 is 0. The van der Waals surface area contributed by atoms with Crippen molar-refractivity contribution in [1.29, 1.82) is 0 Å². The van der Waals surface area contributed by atoms with Gasteiger partial charge < -0.3 is 15.0 Å². The Labute approximate surface area is 91.0 Å². The van der Waals surface area contributed by atoms with E-state index in [0.29, 0.717) is 6.04 Å². The van der Waals surface area contributed by atoms with Crippen molar-refractivity contribution in [2.45, 2.75) is 44.4 Å². The van der Waals surface area contributed by atoms with Crippen LogP contribution in [0.3, 0.4) is 0 Å². The van der Waals surface area contributed by atoms with E-state index in [9.17, 15) is 4.79 Å². The predicted molar refractivity (Wildman–Crippen MR) is 57.6 cm³/mol. The molecule has 0 radical (unpaired) electrons. The fourth-order valence-corrected chi connectivity index (χ4v) is 2.33. The first-order valence-corrected chi connectivity index (χ1v) is 5.82. The van der Waals surface area contributed by atoms with Crippen molar-refractivity contribution in [2.24, 2.45) is 0 Å². The van der Waals surface area contributed by atoms with Crippen molar-refractivity contribution in [1.82, 2.24) is 10.2 Å². The van der Waals surface area contributed by atoms with Crippen molar-refractivity contribution in [2.75, 3.05) is 20.1 Å². The second-order valence-corrected chi connectivity index (χ2v) is 4.60. The summed E-state index contributed by atoms with van der Waals surface area (Å²) in [6.07, 6.45) is 3.08. The van der Waals surface area contributed by atoms with Crippen molar-refractivity contribution < 1.29 is 9.53 Å². The van der Waals surface area contributed by atoms with E-state index in [4.69, 9.17) is 4.74 Å². The van der Waals surface area contributed by atoms with Gasteiger partial charge in [-0.25, -0.2) is 0 Å². The molecule has 2 saturated heterocycles. The molecule has 2 fully saturated rings. The molecule has 0 saturated carbocycles. The van der Waals surface area contributed by atoms with Gasteiger partial charge in [0.05, 0.1) is 6.10 Å². The average molecular weight is 212 g/mol. The maximum Gasteiger partial charge on any atom is 0.251 e. The molecule has 15 heavy (non-hydrogen) atoms. The molecule has 0 aromatic heterocycles. The van der Waals surface area contributed by atoms with E-state index in [-0.39, 0.29) is 18.1 Å². The Morgan fingerprint density at radius 3 is 2.87 bits per heavy atom. The van der Waals surface area contributed by atoms with Crippen LogP contribution in [-0.2, 0) is 9.53 Å². The molecule has 1 N–H and O–H groups in total. The molecule has 2 heterocycles. The zero-order valence-electron chi connectivity index (χ0n) is 9.53. The number of hydrogen-bond acceptors (Lipinski definition) is 3. The number of carbonyl (C=O) groups is 1. The normalized spacial score (nSPS) is 37.3. The number of nitrogens with one attached hydrogen (secondary N) is 1. The van der Waals surface area contributed by atoms with E-state index < -0.39 is 0 Å². The highest BCUT2D eigenvalue weighted by Gasteiger charge is 2.34. The number of likely N-dealkylation sites (tertiary alicyclic amines) is 1. The molecular formula is C11H20N2O2. The summed E-state index contributed by atoms with van der Waals surface area (Å²) < 4.78 is 5.89. The maximum atomic E-state index is 11.7. The third kappa shape index (κ3) is 2.32. The molecule has 2 aliphatic heterocycles. The second kappa shape index (κ2) is 4.49. The minimum Gasteiger partial charge on any atom is -0.363 e. The molecule has 4 nitrogen and oxygen atoms in total. The van der Waals surface area contributed by atoms with Gasteiger partial charge in [0.25, 0.3) is 5.91 Å². The minimum absolute atomic E-state index is 0.146. The molecule has 0 aliphatic carbocycles. The lowest BCUT2D eigenvalue weighted by Gasteiger charge is -2.31. The van der Waals surface area contributed by atoms with Gasteiger partial charge in [-0.3, -0.25) is 4.79 Å². The van der Waals surface area contributed by atoms with Crippen LogP contribution in [0.1, 0.15) is 26.2 Å². The number of piperidine rings is 1. The fourth-order valence-electron chi connectivity index (χ4n) is 2.33. The monoisotopic (exact) mass is 212 g/mol. The quantitative estimate of drug-likeness (QED) is 0.719. The van der Waals surface area contributed by atoms with E-state index in [0.717, 1.165) is 32.4 Å². The number of nitrogens with zero attached hydrogens (tertiary/aromatic N) is 1. The van der Waals surface area contributed by atoms with Crippen LogP contribution in [0.15, 0.2) is 0 Å². The fraction of sp³-hybridized carbons (Fsp3) is 0.909. The molecule has 3 unspecified atom stereocenters. The molecule has 3 atom stereocenters. The van der Waals surface area contributed by atoms with E-state index in [1.165, 1.54) is 0 Å². The van der Waals surface area contributed by atoms with Gasteiger partial charge in [-0.1, -0.05) is 0 Å². The Morgan fingerprint density at radius 2 is 2.27 bits per heavy atom. The van der Waals surface area contributed by atoms with Crippen LogP contribution >= 0.6 is 0 Å². The summed E-state index contributed by atoms with van der Waals surface area (Å²) in [7, 11) is 1.84. The first kappa shape index (κ1) is 10.9. The lowest BCUT2D eigenvalue weighted by atomic mass is 10.0. The summed E-state index contributed by atoms with van der Waals surface area (Å²) in [5.74, 6) is 0.146. The molecule has 86 valence electrons. The van der Waals surface area contributed by atoms with Gasteiger partial charge >= 0.3 is 0 Å². The molecule has 2 rings (SSSR count). The topological polar surface area (TPSA) is 41.6 Å². The zero-order chi connectivity index (χ0) is 10.8. The number of ether oxygens (including phenoxy) is 1.